The Hall–Kier alpha value is -2.37. The van der Waals surface area contributed by atoms with E-state index in [-0.39, 0.29) is 41.8 Å². The van der Waals surface area contributed by atoms with Gasteiger partial charge in [0.1, 0.15) is 12.2 Å². The van der Waals surface area contributed by atoms with Crippen molar-refractivity contribution in [3.63, 3.8) is 0 Å². The highest BCUT2D eigenvalue weighted by molar-refractivity contribution is 7.89. The predicted octanol–water partition coefficient (Wildman–Crippen LogP) is 0.590. The van der Waals surface area contributed by atoms with Gasteiger partial charge in [0.15, 0.2) is 6.29 Å². The van der Waals surface area contributed by atoms with E-state index in [1.807, 2.05) is 0 Å². The van der Waals surface area contributed by atoms with Crippen LogP contribution in [0.5, 0.6) is 0 Å². The van der Waals surface area contributed by atoms with Gasteiger partial charge in [-0.15, -0.1) is 0 Å². The van der Waals surface area contributed by atoms with Gasteiger partial charge in [0.25, 0.3) is 0 Å². The van der Waals surface area contributed by atoms with Gasteiger partial charge in [-0.25, -0.2) is 17.8 Å². The number of phosphoric acid groups is 1. The number of alkyl carbamates (subject to hydrolysis) is 1. The van der Waals surface area contributed by atoms with E-state index in [1.165, 1.54) is 24.3 Å². The van der Waals surface area contributed by atoms with Gasteiger partial charge in [-0.05, 0) is 41.9 Å². The maximum atomic E-state index is 13.8. The summed E-state index contributed by atoms with van der Waals surface area (Å²) < 4.78 is 62.7. The first-order chi connectivity index (χ1) is 20.7. The number of nitrogens with one attached hydrogen (secondary N) is 1. The molecule has 1 amide bonds. The zero-order chi connectivity index (χ0) is 32.1. The fraction of sp³-hybridized carbons (Fsp3) is 0.519. The second-order valence-corrected chi connectivity index (χ2v) is 14.3. The normalized spacial score (nSPS) is 21.7. The molecule has 2 fully saturated rings. The second kappa shape index (κ2) is 14.8. The predicted molar refractivity (Wildman–Crippen MR) is 158 cm³/mol. The van der Waals surface area contributed by atoms with Crippen molar-refractivity contribution in [2.24, 2.45) is 11.8 Å². The van der Waals surface area contributed by atoms with Crippen LogP contribution in [0.2, 0.25) is 0 Å². The average Bonchev–Trinajstić information content (AvgIpc) is 3.57. The largest absolute Gasteiger partial charge is 0.488 e. The van der Waals surface area contributed by atoms with Crippen molar-refractivity contribution >= 4 is 36.5 Å². The monoisotopic (exact) mass is 656 g/mol. The van der Waals surface area contributed by atoms with Crippen molar-refractivity contribution in [3.05, 3.63) is 60.2 Å². The average molecular weight is 656 g/mol. The van der Waals surface area contributed by atoms with Crippen molar-refractivity contribution in [2.75, 3.05) is 26.3 Å². The van der Waals surface area contributed by atoms with Crippen molar-refractivity contribution in [3.8, 4) is 0 Å². The quantitative estimate of drug-likeness (QED) is 0.140. The number of ether oxygens (including phenoxy) is 3. The fourth-order valence-electron chi connectivity index (χ4n) is 5.26. The fourth-order valence-corrected chi connectivity index (χ4v) is 7.45. The number of rotatable bonds is 14. The molecule has 2 aromatic carbocycles. The number of carbonyl (C=O) groups is 1. The summed E-state index contributed by atoms with van der Waals surface area (Å²) >= 11 is 0. The lowest BCUT2D eigenvalue weighted by Gasteiger charge is -2.33. The number of sulfonamides is 1. The molecule has 4 rings (SSSR count). The summed E-state index contributed by atoms with van der Waals surface area (Å²) in [7, 11) is -11.3. The van der Waals surface area contributed by atoms with E-state index in [0.717, 1.165) is 4.31 Å². The molecule has 0 radical (unpaired) electrons. The molecular weight excluding hydrogens is 618 g/mol. The molecule has 44 heavy (non-hydrogen) atoms. The van der Waals surface area contributed by atoms with E-state index in [1.54, 1.807) is 44.2 Å². The van der Waals surface area contributed by atoms with Crippen LogP contribution in [0.15, 0.2) is 59.5 Å². The highest BCUT2D eigenvalue weighted by Crippen LogP contribution is 2.39. The number of hydrogen-bond donors (Lipinski definition) is 5. The minimum atomic E-state index is -5.21. The number of amides is 1. The van der Waals surface area contributed by atoms with Gasteiger partial charge >= 0.3 is 21.0 Å². The summed E-state index contributed by atoms with van der Waals surface area (Å²) in [6, 6.07) is 12.5. The Morgan fingerprint density at radius 3 is 2.39 bits per heavy atom. The molecule has 17 heteroatoms. The molecule has 0 aliphatic carbocycles. The maximum absolute atomic E-state index is 13.8. The molecule has 242 valence electrons. The Kier molecular flexibility index (Phi) is 11.6. The Labute approximate surface area is 256 Å². The third kappa shape index (κ3) is 9.33. The third-order valence-electron chi connectivity index (χ3n) is 7.34. The van der Waals surface area contributed by atoms with Crippen LogP contribution < -0.4 is 10.8 Å². The molecular formula is C27H38BN2O12PS. The summed E-state index contributed by atoms with van der Waals surface area (Å²) in [4.78, 5) is 32.7. The summed E-state index contributed by atoms with van der Waals surface area (Å²) in [5.41, 5.74) is 0.762. The summed E-state index contributed by atoms with van der Waals surface area (Å²) in [5.74, 6) is -0.367. The Morgan fingerprint density at radius 1 is 1.09 bits per heavy atom. The van der Waals surface area contributed by atoms with Gasteiger partial charge < -0.3 is 39.4 Å². The summed E-state index contributed by atoms with van der Waals surface area (Å²) in [6.45, 7) is 3.54. The van der Waals surface area contributed by atoms with Crippen molar-refractivity contribution in [1.82, 2.24) is 9.62 Å². The lowest BCUT2D eigenvalue weighted by molar-refractivity contribution is -0.0907. The number of fused-ring (bicyclic) bond motifs is 1. The Morgan fingerprint density at radius 2 is 1.77 bits per heavy atom. The van der Waals surface area contributed by atoms with Gasteiger partial charge in [0.2, 0.25) is 10.0 Å². The molecule has 0 spiro atoms. The van der Waals surface area contributed by atoms with Crippen molar-refractivity contribution in [2.45, 2.75) is 56.1 Å². The van der Waals surface area contributed by atoms with Crippen molar-refractivity contribution in [1.29, 1.82) is 0 Å². The molecule has 14 nitrogen and oxygen atoms in total. The van der Waals surface area contributed by atoms with Crippen LogP contribution in [0, 0.1) is 11.8 Å². The van der Waals surface area contributed by atoms with Gasteiger partial charge in [0, 0.05) is 13.1 Å². The standard InChI is InChI=1S/C27H38BN2O12PS/c1-18(2)15-30(44(37,38)21-10-8-20(9-11-21)28(32)33)16-24(42-43(34,35)36)23(14-19-6-4-3-5-7-19)29-27(31)41-25-17-40-26-22(25)12-13-39-26/h3-11,18,22-26,32-33H,12-17H2,1-2H3,(H,29,31)(H2,34,35,36)/t22-,23?,24+,25-,26+/m0/s1. The van der Waals surface area contributed by atoms with Gasteiger partial charge in [0.05, 0.1) is 30.1 Å². The lowest BCUT2D eigenvalue weighted by atomic mass is 9.81. The Balaban J connectivity index is 1.64. The number of phosphoric ester groups is 1. The smallest absolute Gasteiger partial charge is 0.443 e. The van der Waals surface area contributed by atoms with Crippen molar-refractivity contribution < 1.29 is 56.3 Å². The third-order valence-corrected chi connectivity index (χ3v) is 9.73. The number of benzene rings is 2. The maximum Gasteiger partial charge on any atom is 0.488 e. The lowest BCUT2D eigenvalue weighted by Crippen LogP contribution is -2.52. The number of hydrogen-bond acceptors (Lipinski definition) is 10. The van der Waals surface area contributed by atoms with Gasteiger partial charge in [-0.2, -0.15) is 4.31 Å². The minimum absolute atomic E-state index is 0.0234. The molecule has 2 aliphatic heterocycles. The van der Waals surface area contributed by atoms with Crippen LogP contribution in [0.4, 0.5) is 4.79 Å². The van der Waals surface area contributed by atoms with Crippen LogP contribution in [-0.2, 0) is 39.7 Å². The van der Waals surface area contributed by atoms with Gasteiger partial charge in [-0.1, -0.05) is 56.3 Å². The van der Waals surface area contributed by atoms with E-state index in [0.29, 0.717) is 18.6 Å². The Bertz CT molecular complexity index is 1390. The van der Waals surface area contributed by atoms with Crippen LogP contribution >= 0.6 is 7.82 Å². The van der Waals surface area contributed by atoms with E-state index in [4.69, 9.17) is 18.7 Å². The molecule has 5 atom stereocenters. The minimum Gasteiger partial charge on any atom is -0.443 e. The molecule has 0 bridgehead atoms. The first kappa shape index (κ1) is 34.5. The number of carbonyl (C=O) groups excluding carboxylic acids is 1. The first-order valence-corrected chi connectivity index (χ1v) is 17.1. The summed E-state index contributed by atoms with van der Waals surface area (Å²) in [6.07, 6.45) is -2.82. The SMILES string of the molecule is CC(C)CN(C[C@@H](OP(=O)(O)O)C(Cc1ccccc1)NC(=O)O[C@H]1CO[C@H]2OCC[C@H]21)S(=O)(=O)c1ccc(B(O)O)cc1. The summed E-state index contributed by atoms with van der Waals surface area (Å²) in [5, 5.41) is 21.5. The zero-order valence-corrected chi connectivity index (χ0v) is 26.0. The van der Waals surface area contributed by atoms with Gasteiger partial charge in [-0.3, -0.25) is 4.52 Å². The second-order valence-electron chi connectivity index (χ2n) is 11.2. The molecule has 2 heterocycles. The molecule has 2 aromatic rings. The zero-order valence-electron chi connectivity index (χ0n) is 24.3. The molecule has 2 aliphatic rings. The first-order valence-electron chi connectivity index (χ1n) is 14.2. The van der Waals surface area contributed by atoms with E-state index in [2.05, 4.69) is 5.32 Å². The highest BCUT2D eigenvalue weighted by Gasteiger charge is 2.44. The molecule has 0 aromatic heterocycles. The van der Waals surface area contributed by atoms with E-state index < -0.39 is 62.1 Å². The van der Waals surface area contributed by atoms with E-state index in [9.17, 15) is 37.6 Å². The topological polar surface area (TPSA) is 201 Å². The molecule has 0 saturated carbocycles. The molecule has 2 saturated heterocycles. The number of nitrogens with zero attached hydrogens (tertiary/aromatic N) is 1. The van der Waals surface area contributed by atoms with E-state index >= 15 is 0 Å². The van der Waals surface area contributed by atoms with Crippen LogP contribution in [0.3, 0.4) is 0 Å². The van der Waals surface area contributed by atoms with Crippen LogP contribution in [0.25, 0.3) is 0 Å². The van der Waals surface area contributed by atoms with Crippen LogP contribution in [-0.4, -0.2) is 96.6 Å². The highest BCUT2D eigenvalue weighted by atomic mass is 32.2. The molecule has 5 N–H and O–H groups in total. The van der Waals surface area contributed by atoms with Crippen LogP contribution in [0.1, 0.15) is 25.8 Å². The molecule has 1 unspecified atom stereocenters.